The van der Waals surface area contributed by atoms with Crippen molar-refractivity contribution < 1.29 is 14.3 Å². The van der Waals surface area contributed by atoms with E-state index >= 15 is 0 Å². The number of carbonyl (C=O) groups excluding carboxylic acids is 1. The van der Waals surface area contributed by atoms with Gasteiger partial charge in [0.2, 0.25) is 5.91 Å². The van der Waals surface area contributed by atoms with Crippen LogP contribution >= 0.6 is 0 Å². The number of ether oxygens (including phenoxy) is 2. The van der Waals surface area contributed by atoms with Crippen LogP contribution in [0, 0.1) is 0 Å². The lowest BCUT2D eigenvalue weighted by Crippen LogP contribution is -2.50. The molecule has 21 heavy (non-hydrogen) atoms. The number of carbonyl (C=O) groups is 1. The number of amides is 1. The normalized spacial score (nSPS) is 23.0. The molecule has 5 nitrogen and oxygen atoms in total. The van der Waals surface area contributed by atoms with Crippen LogP contribution in [0.1, 0.15) is 24.8 Å². The van der Waals surface area contributed by atoms with Crippen molar-refractivity contribution in [2.24, 2.45) is 5.73 Å². The van der Waals surface area contributed by atoms with Crippen LogP contribution in [0.3, 0.4) is 0 Å². The van der Waals surface area contributed by atoms with Crippen molar-refractivity contribution in [3.8, 4) is 0 Å². The summed E-state index contributed by atoms with van der Waals surface area (Å²) in [4.78, 5) is 11.9. The first-order valence-corrected chi connectivity index (χ1v) is 7.41. The summed E-state index contributed by atoms with van der Waals surface area (Å²) in [6, 6.07) is 9.48. The smallest absolute Gasteiger partial charge is 0.239 e. The minimum Gasteiger partial charge on any atom is -0.383 e. The van der Waals surface area contributed by atoms with Gasteiger partial charge in [0.1, 0.15) is 6.04 Å². The molecule has 1 aromatic rings. The Hall–Kier alpha value is -1.43. The van der Waals surface area contributed by atoms with E-state index < -0.39 is 6.04 Å². The fourth-order valence-electron chi connectivity index (χ4n) is 2.61. The van der Waals surface area contributed by atoms with Crippen LogP contribution in [0.15, 0.2) is 30.3 Å². The quantitative estimate of drug-likeness (QED) is 0.792. The van der Waals surface area contributed by atoms with Gasteiger partial charge in [0.05, 0.1) is 25.4 Å². The van der Waals surface area contributed by atoms with Gasteiger partial charge in [0.15, 0.2) is 0 Å². The number of hydrogen-bond acceptors (Lipinski definition) is 4. The van der Waals surface area contributed by atoms with Crippen LogP contribution in [0.5, 0.6) is 0 Å². The predicted octanol–water partition coefficient (Wildman–Crippen LogP) is 1.21. The van der Waals surface area contributed by atoms with E-state index in [4.69, 9.17) is 15.2 Å². The third-order valence-corrected chi connectivity index (χ3v) is 3.77. The molecule has 0 spiro atoms. The van der Waals surface area contributed by atoms with Crippen molar-refractivity contribution in [2.45, 2.75) is 44.1 Å². The lowest BCUT2D eigenvalue weighted by atomic mass is 10.2. The summed E-state index contributed by atoms with van der Waals surface area (Å²) in [5, 5.41) is 2.98. The second-order valence-electron chi connectivity index (χ2n) is 5.44. The fraction of sp³-hybridized carbons (Fsp3) is 0.562. The Kier molecular flexibility index (Phi) is 6.17. The molecule has 2 rings (SSSR count). The maximum atomic E-state index is 11.9. The molecule has 0 saturated heterocycles. The van der Waals surface area contributed by atoms with Crippen molar-refractivity contribution in [3.05, 3.63) is 35.9 Å². The highest BCUT2D eigenvalue weighted by atomic mass is 16.5. The monoisotopic (exact) mass is 292 g/mol. The first kappa shape index (κ1) is 15.9. The molecule has 0 bridgehead atoms. The highest BCUT2D eigenvalue weighted by Gasteiger charge is 2.30. The number of benzene rings is 1. The zero-order valence-corrected chi connectivity index (χ0v) is 12.5. The van der Waals surface area contributed by atoms with Gasteiger partial charge in [-0.1, -0.05) is 30.3 Å². The Morgan fingerprint density at radius 3 is 2.86 bits per heavy atom. The highest BCUT2D eigenvalue weighted by Crippen LogP contribution is 2.23. The zero-order valence-electron chi connectivity index (χ0n) is 12.5. The summed E-state index contributed by atoms with van der Waals surface area (Å²) in [5.74, 6) is -0.169. The summed E-state index contributed by atoms with van der Waals surface area (Å²) >= 11 is 0. The summed E-state index contributed by atoms with van der Waals surface area (Å²) in [6.45, 7) is 0.802. The topological polar surface area (TPSA) is 73.6 Å². The molecule has 0 aliphatic heterocycles. The molecule has 1 aliphatic carbocycles. The van der Waals surface area contributed by atoms with Crippen LogP contribution in [-0.4, -0.2) is 37.8 Å². The Morgan fingerprint density at radius 1 is 1.38 bits per heavy atom. The molecule has 0 heterocycles. The Bertz CT molecular complexity index is 438. The lowest BCUT2D eigenvalue weighted by molar-refractivity contribution is -0.125. The highest BCUT2D eigenvalue weighted by molar-refractivity contribution is 5.82. The van der Waals surface area contributed by atoms with Gasteiger partial charge in [-0.25, -0.2) is 0 Å². The van der Waals surface area contributed by atoms with Crippen molar-refractivity contribution in [1.29, 1.82) is 0 Å². The Morgan fingerprint density at radius 2 is 2.14 bits per heavy atom. The van der Waals surface area contributed by atoms with Crippen LogP contribution in [0.4, 0.5) is 0 Å². The number of rotatable bonds is 7. The minimum atomic E-state index is -0.620. The third kappa shape index (κ3) is 4.81. The second kappa shape index (κ2) is 8.12. The second-order valence-corrected chi connectivity index (χ2v) is 5.44. The molecule has 1 amide bonds. The van der Waals surface area contributed by atoms with E-state index in [1.54, 1.807) is 0 Å². The molecule has 5 heteroatoms. The van der Waals surface area contributed by atoms with Gasteiger partial charge in [0, 0.05) is 7.11 Å². The van der Waals surface area contributed by atoms with E-state index in [0.717, 1.165) is 24.8 Å². The number of methoxy groups -OCH3 is 1. The van der Waals surface area contributed by atoms with Gasteiger partial charge in [0.25, 0.3) is 0 Å². The lowest BCUT2D eigenvalue weighted by Gasteiger charge is -2.23. The first-order chi connectivity index (χ1) is 10.2. The molecule has 1 fully saturated rings. The summed E-state index contributed by atoms with van der Waals surface area (Å²) in [7, 11) is 1.54. The van der Waals surface area contributed by atoms with Crippen LogP contribution in [-0.2, 0) is 20.9 Å². The molecule has 116 valence electrons. The number of nitrogens with one attached hydrogen (secondary N) is 1. The number of hydrogen-bond donors (Lipinski definition) is 2. The molecule has 3 atom stereocenters. The molecular formula is C16H24N2O3. The first-order valence-electron chi connectivity index (χ1n) is 7.41. The molecule has 1 saturated carbocycles. The third-order valence-electron chi connectivity index (χ3n) is 3.77. The van der Waals surface area contributed by atoms with E-state index in [0.29, 0.717) is 6.61 Å². The van der Waals surface area contributed by atoms with Crippen molar-refractivity contribution in [3.63, 3.8) is 0 Å². The van der Waals surface area contributed by atoms with Crippen molar-refractivity contribution in [2.75, 3.05) is 13.7 Å². The maximum Gasteiger partial charge on any atom is 0.239 e. The minimum absolute atomic E-state index is 0.0455. The van der Waals surface area contributed by atoms with E-state index in [1.165, 1.54) is 7.11 Å². The average Bonchev–Trinajstić information content (AvgIpc) is 2.93. The molecule has 3 N–H and O–H groups in total. The summed E-state index contributed by atoms with van der Waals surface area (Å²) in [6.07, 6.45) is 3.02. The largest absolute Gasteiger partial charge is 0.383 e. The zero-order chi connectivity index (χ0) is 15.1. The van der Waals surface area contributed by atoms with E-state index in [1.807, 2.05) is 30.3 Å². The Balaban J connectivity index is 1.81. The van der Waals surface area contributed by atoms with Crippen molar-refractivity contribution in [1.82, 2.24) is 5.32 Å². The van der Waals surface area contributed by atoms with E-state index in [9.17, 15) is 4.79 Å². The van der Waals surface area contributed by atoms with Gasteiger partial charge < -0.3 is 20.5 Å². The molecule has 1 aromatic carbocycles. The Labute approximate surface area is 125 Å². The van der Waals surface area contributed by atoms with Gasteiger partial charge in [-0.3, -0.25) is 4.79 Å². The molecule has 3 unspecified atom stereocenters. The number of nitrogens with two attached hydrogens (primary N) is 1. The van der Waals surface area contributed by atoms with Crippen LogP contribution < -0.4 is 11.1 Å². The molecule has 1 aliphatic rings. The summed E-state index contributed by atoms with van der Waals surface area (Å²) < 4.78 is 10.9. The maximum absolute atomic E-state index is 11.9. The fourth-order valence-corrected chi connectivity index (χ4v) is 2.61. The van der Waals surface area contributed by atoms with Gasteiger partial charge in [-0.2, -0.15) is 0 Å². The molecular weight excluding hydrogens is 268 g/mol. The van der Waals surface area contributed by atoms with E-state index in [2.05, 4.69) is 5.32 Å². The predicted molar refractivity (Wildman–Crippen MR) is 80.7 cm³/mol. The van der Waals surface area contributed by atoms with Crippen LogP contribution in [0.2, 0.25) is 0 Å². The van der Waals surface area contributed by atoms with Crippen molar-refractivity contribution >= 4 is 5.91 Å². The van der Waals surface area contributed by atoms with Gasteiger partial charge in [-0.05, 0) is 24.8 Å². The average molecular weight is 292 g/mol. The SMILES string of the molecule is COCC(N)C(=O)NC1CCCC1OCc1ccccc1. The van der Waals surface area contributed by atoms with E-state index in [-0.39, 0.29) is 24.7 Å². The molecule has 0 radical (unpaired) electrons. The standard InChI is InChI=1S/C16H24N2O3/c1-20-11-13(17)16(19)18-14-8-5-9-15(14)21-10-12-6-3-2-4-7-12/h2-4,6-7,13-15H,5,8-11,17H2,1H3,(H,18,19). The summed E-state index contributed by atoms with van der Waals surface area (Å²) in [5.41, 5.74) is 6.88. The van der Waals surface area contributed by atoms with Gasteiger partial charge >= 0.3 is 0 Å². The van der Waals surface area contributed by atoms with Gasteiger partial charge in [-0.15, -0.1) is 0 Å². The van der Waals surface area contributed by atoms with Crippen LogP contribution in [0.25, 0.3) is 0 Å². The molecule has 0 aromatic heterocycles.